The SMILES string of the molecule is CCCCCCN1C(=O)/C(=C2/C(=O)N(C[C@H](C)CCCC)c3cc(Br)ccc32)C2=C1CC(Br)C=C2. The first-order valence-corrected chi connectivity index (χ1v) is 14.8. The van der Waals surface area contributed by atoms with Crippen LogP contribution in [0.4, 0.5) is 5.69 Å². The van der Waals surface area contributed by atoms with Crippen LogP contribution in [-0.2, 0) is 9.59 Å². The van der Waals surface area contributed by atoms with Crippen molar-refractivity contribution < 1.29 is 9.59 Å². The van der Waals surface area contributed by atoms with E-state index in [0.29, 0.717) is 30.2 Å². The van der Waals surface area contributed by atoms with Gasteiger partial charge in [0, 0.05) is 45.6 Å². The molecule has 0 fully saturated rings. The highest BCUT2D eigenvalue weighted by Gasteiger charge is 2.43. The highest BCUT2D eigenvalue weighted by atomic mass is 79.9. The molecule has 0 bridgehead atoms. The Kier molecular flexibility index (Phi) is 8.75. The number of rotatable bonds is 10. The summed E-state index contributed by atoms with van der Waals surface area (Å²) in [6, 6.07) is 5.99. The van der Waals surface area contributed by atoms with Crippen LogP contribution in [0.1, 0.15) is 77.7 Å². The maximum atomic E-state index is 14.0. The van der Waals surface area contributed by atoms with Gasteiger partial charge in [-0.15, -0.1) is 0 Å². The van der Waals surface area contributed by atoms with Crippen LogP contribution in [0.3, 0.4) is 0 Å². The number of fused-ring (bicyclic) bond motifs is 1. The molecule has 188 valence electrons. The molecular formula is C29H36Br2N2O2. The van der Waals surface area contributed by atoms with E-state index in [1.165, 1.54) is 6.42 Å². The second-order valence-electron chi connectivity index (χ2n) is 10.0. The largest absolute Gasteiger partial charge is 0.311 e. The van der Waals surface area contributed by atoms with Gasteiger partial charge in [0.2, 0.25) is 0 Å². The van der Waals surface area contributed by atoms with Crippen molar-refractivity contribution in [2.45, 2.75) is 77.0 Å². The average molecular weight is 604 g/mol. The fourth-order valence-corrected chi connectivity index (χ4v) is 6.18. The van der Waals surface area contributed by atoms with Gasteiger partial charge in [0.15, 0.2) is 0 Å². The number of alkyl halides is 1. The minimum atomic E-state index is -0.0427. The quantitative estimate of drug-likeness (QED) is 0.156. The fraction of sp³-hybridized carbons (Fsp3) is 0.517. The highest BCUT2D eigenvalue weighted by molar-refractivity contribution is 9.10. The summed E-state index contributed by atoms with van der Waals surface area (Å²) in [6.45, 7) is 7.98. The number of benzene rings is 1. The monoisotopic (exact) mass is 602 g/mol. The van der Waals surface area contributed by atoms with Crippen LogP contribution in [0, 0.1) is 5.92 Å². The summed E-state index contributed by atoms with van der Waals surface area (Å²) >= 11 is 7.31. The van der Waals surface area contributed by atoms with Gasteiger partial charge in [-0.2, -0.15) is 0 Å². The molecule has 2 atom stereocenters. The molecular weight excluding hydrogens is 568 g/mol. The van der Waals surface area contributed by atoms with E-state index in [1.807, 2.05) is 34.1 Å². The summed E-state index contributed by atoms with van der Waals surface area (Å²) in [5, 5.41) is 0. The number of hydrogen-bond donors (Lipinski definition) is 0. The van der Waals surface area contributed by atoms with Crippen molar-refractivity contribution in [1.29, 1.82) is 0 Å². The summed E-state index contributed by atoms with van der Waals surface area (Å²) in [5.74, 6) is 0.331. The first-order valence-electron chi connectivity index (χ1n) is 13.1. The van der Waals surface area contributed by atoms with Gasteiger partial charge >= 0.3 is 0 Å². The summed E-state index contributed by atoms with van der Waals surface area (Å²) in [6.07, 6.45) is 12.7. The number of anilines is 1. The molecule has 1 aromatic carbocycles. The number of nitrogens with zero attached hydrogens (tertiary/aromatic N) is 2. The Bertz CT molecular complexity index is 1090. The average Bonchev–Trinajstić information content (AvgIpc) is 3.24. The normalized spacial score (nSPS) is 22.4. The number of carbonyl (C=O) groups is 2. The third-order valence-corrected chi connectivity index (χ3v) is 8.36. The van der Waals surface area contributed by atoms with Crippen LogP contribution in [0.15, 0.2) is 51.7 Å². The van der Waals surface area contributed by atoms with Gasteiger partial charge in [-0.3, -0.25) is 9.59 Å². The van der Waals surface area contributed by atoms with E-state index in [-0.39, 0.29) is 16.6 Å². The molecule has 0 saturated carbocycles. The second kappa shape index (κ2) is 11.6. The van der Waals surface area contributed by atoms with Crippen LogP contribution in [0.25, 0.3) is 5.57 Å². The van der Waals surface area contributed by atoms with E-state index in [9.17, 15) is 9.59 Å². The van der Waals surface area contributed by atoms with E-state index >= 15 is 0 Å². The maximum absolute atomic E-state index is 14.0. The molecule has 0 N–H and O–H groups in total. The molecule has 0 spiro atoms. The van der Waals surface area contributed by atoms with E-state index in [2.05, 4.69) is 58.7 Å². The number of carbonyl (C=O) groups excluding carboxylic acids is 2. The number of hydrogen-bond acceptors (Lipinski definition) is 2. The van der Waals surface area contributed by atoms with Gasteiger partial charge < -0.3 is 9.80 Å². The molecule has 0 aromatic heterocycles. The Morgan fingerprint density at radius 2 is 1.74 bits per heavy atom. The topological polar surface area (TPSA) is 40.6 Å². The third kappa shape index (κ3) is 5.39. The molecule has 4 rings (SSSR count). The standard InChI is InChI=1S/C29H36Br2N2O2/c1-4-6-8-9-15-32-24-16-20(30)11-13-22(24)26(28(32)34)27-23-14-12-21(31)17-25(23)33(29(27)35)18-19(3)10-7-5-2/h11-14,17,19-20H,4-10,15-16,18H2,1-3H3/b27-26+/t19-,20?/m1/s1. The molecule has 1 unspecified atom stereocenters. The van der Waals surface area contributed by atoms with Crippen molar-refractivity contribution in [1.82, 2.24) is 4.90 Å². The summed E-state index contributed by atoms with van der Waals surface area (Å²) in [5.41, 5.74) is 4.92. The van der Waals surface area contributed by atoms with Crippen LogP contribution in [0.2, 0.25) is 0 Å². The number of unbranched alkanes of at least 4 members (excludes halogenated alkanes) is 4. The van der Waals surface area contributed by atoms with E-state index in [4.69, 9.17) is 0 Å². The number of amides is 2. The number of halogens is 2. The lowest BCUT2D eigenvalue weighted by atomic mass is 9.93. The van der Waals surface area contributed by atoms with Crippen molar-refractivity contribution >= 4 is 54.9 Å². The predicted molar refractivity (Wildman–Crippen MR) is 151 cm³/mol. The predicted octanol–water partition coefficient (Wildman–Crippen LogP) is 7.78. The smallest absolute Gasteiger partial charge is 0.259 e. The lowest BCUT2D eigenvalue weighted by Crippen LogP contribution is -2.32. The summed E-state index contributed by atoms with van der Waals surface area (Å²) in [4.78, 5) is 32.0. The van der Waals surface area contributed by atoms with E-state index in [1.54, 1.807) is 0 Å². The van der Waals surface area contributed by atoms with Crippen molar-refractivity contribution in [2.75, 3.05) is 18.0 Å². The Balaban J connectivity index is 1.76. The van der Waals surface area contributed by atoms with Gasteiger partial charge in [-0.1, -0.05) is 103 Å². The minimum Gasteiger partial charge on any atom is -0.311 e. The van der Waals surface area contributed by atoms with E-state index in [0.717, 1.165) is 71.9 Å². The van der Waals surface area contributed by atoms with Crippen LogP contribution < -0.4 is 4.90 Å². The first-order chi connectivity index (χ1) is 16.9. The van der Waals surface area contributed by atoms with E-state index < -0.39 is 0 Å². The van der Waals surface area contributed by atoms with Crippen LogP contribution in [0.5, 0.6) is 0 Å². The van der Waals surface area contributed by atoms with Crippen molar-refractivity contribution in [3.05, 3.63) is 57.2 Å². The molecule has 2 aliphatic heterocycles. The van der Waals surface area contributed by atoms with Gasteiger partial charge in [0.25, 0.3) is 11.8 Å². The molecule has 2 amide bonds. The van der Waals surface area contributed by atoms with Gasteiger partial charge in [0.05, 0.1) is 16.8 Å². The lowest BCUT2D eigenvalue weighted by molar-refractivity contribution is -0.124. The molecule has 0 saturated heterocycles. The molecule has 35 heavy (non-hydrogen) atoms. The van der Waals surface area contributed by atoms with Gasteiger partial charge in [-0.05, 0) is 30.9 Å². The Labute approximate surface area is 226 Å². The fourth-order valence-electron chi connectivity index (χ4n) is 5.37. The van der Waals surface area contributed by atoms with Crippen LogP contribution >= 0.6 is 31.9 Å². The Morgan fingerprint density at radius 3 is 2.49 bits per heavy atom. The van der Waals surface area contributed by atoms with Gasteiger partial charge in [0.1, 0.15) is 0 Å². The zero-order valence-electron chi connectivity index (χ0n) is 21.1. The molecule has 1 aromatic rings. The molecule has 3 aliphatic rings. The minimum absolute atomic E-state index is 0.0177. The summed E-state index contributed by atoms with van der Waals surface area (Å²) in [7, 11) is 0. The Morgan fingerprint density at radius 1 is 1.00 bits per heavy atom. The number of allylic oxidation sites excluding steroid dienone is 3. The van der Waals surface area contributed by atoms with Crippen LogP contribution in [-0.4, -0.2) is 34.6 Å². The zero-order chi connectivity index (χ0) is 25.1. The molecule has 1 aliphatic carbocycles. The third-order valence-electron chi connectivity index (χ3n) is 7.23. The molecule has 6 heteroatoms. The Hall–Kier alpha value is -1.66. The molecule has 0 radical (unpaired) electrons. The second-order valence-corrected chi connectivity index (χ2v) is 12.1. The lowest BCUT2D eigenvalue weighted by Gasteiger charge is -2.23. The summed E-state index contributed by atoms with van der Waals surface area (Å²) < 4.78 is 0.941. The van der Waals surface area contributed by atoms with Crippen molar-refractivity contribution in [3.8, 4) is 0 Å². The molecule has 2 heterocycles. The van der Waals surface area contributed by atoms with Crippen molar-refractivity contribution in [3.63, 3.8) is 0 Å². The highest BCUT2D eigenvalue weighted by Crippen LogP contribution is 2.47. The first kappa shape index (κ1) is 26.4. The molecule has 4 nitrogen and oxygen atoms in total. The van der Waals surface area contributed by atoms with Crippen molar-refractivity contribution in [2.24, 2.45) is 5.92 Å². The zero-order valence-corrected chi connectivity index (χ0v) is 24.3. The maximum Gasteiger partial charge on any atom is 0.259 e. The van der Waals surface area contributed by atoms with Gasteiger partial charge in [-0.25, -0.2) is 0 Å².